The average molecular weight is 331 g/mol. The number of amides is 1. The Morgan fingerprint density at radius 3 is 2.96 bits per heavy atom. The van der Waals surface area contributed by atoms with Crippen molar-refractivity contribution in [3.63, 3.8) is 0 Å². The summed E-state index contributed by atoms with van der Waals surface area (Å²) in [4.78, 5) is 31.5. The summed E-state index contributed by atoms with van der Waals surface area (Å²) >= 11 is 1.42. The van der Waals surface area contributed by atoms with Crippen LogP contribution in [0.5, 0.6) is 0 Å². The van der Waals surface area contributed by atoms with E-state index in [1.54, 1.807) is 23.8 Å². The summed E-state index contributed by atoms with van der Waals surface area (Å²) in [6.07, 6.45) is 5.91. The SMILES string of the molecule is C=CCCC(NC(=O)Cc1csc(-c2cccnc2)n1)C(=O)O. The molecule has 2 rings (SSSR count). The van der Waals surface area contributed by atoms with Gasteiger partial charge in [-0.1, -0.05) is 6.08 Å². The van der Waals surface area contributed by atoms with E-state index >= 15 is 0 Å². The maximum atomic E-state index is 12.0. The van der Waals surface area contributed by atoms with Gasteiger partial charge in [-0.15, -0.1) is 17.9 Å². The van der Waals surface area contributed by atoms with Gasteiger partial charge in [-0.25, -0.2) is 9.78 Å². The number of carboxylic acids is 1. The second-order valence-corrected chi connectivity index (χ2v) is 5.74. The zero-order chi connectivity index (χ0) is 16.7. The summed E-state index contributed by atoms with van der Waals surface area (Å²) in [6.45, 7) is 3.55. The van der Waals surface area contributed by atoms with Crippen LogP contribution in [0.15, 0.2) is 42.6 Å². The second-order valence-electron chi connectivity index (χ2n) is 4.89. The third-order valence-corrected chi connectivity index (χ3v) is 4.03. The van der Waals surface area contributed by atoms with E-state index in [4.69, 9.17) is 5.11 Å². The summed E-state index contributed by atoms with van der Waals surface area (Å²) in [5.74, 6) is -1.40. The number of nitrogens with zero attached hydrogens (tertiary/aromatic N) is 2. The van der Waals surface area contributed by atoms with Crippen molar-refractivity contribution in [3.05, 3.63) is 48.3 Å². The highest BCUT2D eigenvalue weighted by atomic mass is 32.1. The maximum absolute atomic E-state index is 12.0. The van der Waals surface area contributed by atoms with Crippen LogP contribution < -0.4 is 5.32 Å². The van der Waals surface area contributed by atoms with Crippen molar-refractivity contribution in [1.82, 2.24) is 15.3 Å². The molecule has 23 heavy (non-hydrogen) atoms. The van der Waals surface area contributed by atoms with E-state index < -0.39 is 12.0 Å². The van der Waals surface area contributed by atoms with E-state index in [1.165, 1.54) is 11.3 Å². The lowest BCUT2D eigenvalue weighted by Gasteiger charge is -2.12. The predicted octanol–water partition coefficient (Wildman–Crippen LogP) is 2.28. The fraction of sp³-hybridized carbons (Fsp3) is 0.250. The van der Waals surface area contributed by atoms with Gasteiger partial charge in [0.15, 0.2) is 0 Å². The first kappa shape index (κ1) is 16.8. The Morgan fingerprint density at radius 1 is 1.48 bits per heavy atom. The molecule has 0 saturated heterocycles. The Hall–Kier alpha value is -2.54. The number of carboxylic acid groups (broad SMARTS) is 1. The van der Waals surface area contributed by atoms with Crippen LogP contribution in [-0.4, -0.2) is 33.0 Å². The Bertz CT molecular complexity index is 685. The molecule has 6 nitrogen and oxygen atoms in total. The standard InChI is InChI=1S/C16H17N3O3S/c1-2-3-6-13(16(21)22)19-14(20)8-12-10-23-15(18-12)11-5-4-7-17-9-11/h2,4-5,7,9-10,13H,1,3,6,8H2,(H,19,20)(H,21,22). The number of carbonyl (C=O) groups is 2. The largest absolute Gasteiger partial charge is 0.480 e. The van der Waals surface area contributed by atoms with Crippen LogP contribution in [0.25, 0.3) is 10.6 Å². The zero-order valence-electron chi connectivity index (χ0n) is 12.4. The molecule has 0 aliphatic carbocycles. The lowest BCUT2D eigenvalue weighted by Crippen LogP contribution is -2.41. The molecule has 1 atom stereocenters. The molecule has 2 aromatic heterocycles. The topological polar surface area (TPSA) is 92.2 Å². The summed E-state index contributed by atoms with van der Waals surface area (Å²) in [6, 6.07) is 2.81. The van der Waals surface area contributed by atoms with Gasteiger partial charge in [0.2, 0.25) is 5.91 Å². The fourth-order valence-corrected chi connectivity index (χ4v) is 2.77. The third kappa shape index (κ3) is 5.00. The minimum absolute atomic E-state index is 0.0502. The first-order valence-corrected chi connectivity index (χ1v) is 7.96. The number of rotatable bonds is 8. The zero-order valence-corrected chi connectivity index (χ0v) is 13.3. The van der Waals surface area contributed by atoms with Gasteiger partial charge in [0.25, 0.3) is 0 Å². The van der Waals surface area contributed by atoms with E-state index in [9.17, 15) is 9.59 Å². The Balaban J connectivity index is 1.96. The number of pyridine rings is 1. The van der Waals surface area contributed by atoms with Gasteiger partial charge >= 0.3 is 5.97 Å². The quantitative estimate of drug-likeness (QED) is 0.724. The number of nitrogens with one attached hydrogen (secondary N) is 1. The number of hydrogen-bond donors (Lipinski definition) is 2. The minimum atomic E-state index is -1.05. The Morgan fingerprint density at radius 2 is 2.30 bits per heavy atom. The summed E-state index contributed by atoms with van der Waals surface area (Å²) < 4.78 is 0. The van der Waals surface area contributed by atoms with Gasteiger partial charge in [0.1, 0.15) is 11.0 Å². The molecule has 120 valence electrons. The number of hydrogen-bond acceptors (Lipinski definition) is 5. The Labute approximate surface area is 137 Å². The molecule has 0 spiro atoms. The first-order valence-electron chi connectivity index (χ1n) is 7.08. The van der Waals surface area contributed by atoms with Gasteiger partial charge in [-0.05, 0) is 25.0 Å². The number of aromatic nitrogens is 2. The van der Waals surface area contributed by atoms with E-state index in [2.05, 4.69) is 21.9 Å². The molecule has 0 aliphatic rings. The van der Waals surface area contributed by atoms with Crippen molar-refractivity contribution >= 4 is 23.2 Å². The van der Waals surface area contributed by atoms with Crippen LogP contribution in [-0.2, 0) is 16.0 Å². The van der Waals surface area contributed by atoms with Crippen LogP contribution in [0.1, 0.15) is 18.5 Å². The van der Waals surface area contributed by atoms with Crippen LogP contribution in [0.2, 0.25) is 0 Å². The van der Waals surface area contributed by atoms with Crippen molar-refractivity contribution in [3.8, 4) is 10.6 Å². The summed E-state index contributed by atoms with van der Waals surface area (Å²) in [5.41, 5.74) is 1.50. The highest BCUT2D eigenvalue weighted by Crippen LogP contribution is 2.22. The fourth-order valence-electron chi connectivity index (χ4n) is 1.96. The van der Waals surface area contributed by atoms with Gasteiger partial charge in [-0.2, -0.15) is 0 Å². The summed E-state index contributed by atoms with van der Waals surface area (Å²) in [7, 11) is 0. The number of allylic oxidation sites excluding steroid dienone is 1. The van der Waals surface area contributed by atoms with Crippen LogP contribution in [0, 0.1) is 0 Å². The molecule has 0 aliphatic heterocycles. The van der Waals surface area contributed by atoms with Crippen LogP contribution in [0.3, 0.4) is 0 Å². The molecule has 2 heterocycles. The van der Waals surface area contributed by atoms with E-state index in [-0.39, 0.29) is 12.3 Å². The van der Waals surface area contributed by atoms with Crippen molar-refractivity contribution < 1.29 is 14.7 Å². The maximum Gasteiger partial charge on any atom is 0.326 e. The summed E-state index contributed by atoms with van der Waals surface area (Å²) in [5, 5.41) is 14.2. The molecular weight excluding hydrogens is 314 g/mol. The molecule has 0 saturated carbocycles. The van der Waals surface area contributed by atoms with Crippen molar-refractivity contribution in [2.24, 2.45) is 0 Å². The third-order valence-electron chi connectivity index (χ3n) is 3.09. The minimum Gasteiger partial charge on any atom is -0.480 e. The molecule has 7 heteroatoms. The lowest BCUT2D eigenvalue weighted by molar-refractivity contribution is -0.141. The molecule has 0 bridgehead atoms. The predicted molar refractivity (Wildman–Crippen MR) is 88.0 cm³/mol. The van der Waals surface area contributed by atoms with Gasteiger partial charge in [0, 0.05) is 23.3 Å². The number of carbonyl (C=O) groups excluding carboxylic acids is 1. The molecule has 1 amide bonds. The van der Waals surface area contributed by atoms with Crippen molar-refractivity contribution in [1.29, 1.82) is 0 Å². The molecule has 2 N–H and O–H groups in total. The monoisotopic (exact) mass is 331 g/mol. The van der Waals surface area contributed by atoms with Gasteiger partial charge in [0.05, 0.1) is 12.1 Å². The molecule has 0 fully saturated rings. The van der Waals surface area contributed by atoms with E-state index in [0.29, 0.717) is 18.5 Å². The van der Waals surface area contributed by atoms with E-state index in [1.807, 2.05) is 12.1 Å². The average Bonchev–Trinajstić information content (AvgIpc) is 3.00. The normalized spacial score (nSPS) is 11.7. The van der Waals surface area contributed by atoms with Crippen LogP contribution in [0.4, 0.5) is 0 Å². The van der Waals surface area contributed by atoms with E-state index in [0.717, 1.165) is 10.6 Å². The van der Waals surface area contributed by atoms with Crippen molar-refractivity contribution in [2.75, 3.05) is 0 Å². The Kier molecular flexibility index (Phi) is 5.99. The van der Waals surface area contributed by atoms with Crippen molar-refractivity contribution in [2.45, 2.75) is 25.3 Å². The number of aliphatic carboxylic acids is 1. The van der Waals surface area contributed by atoms with Gasteiger partial charge in [-0.3, -0.25) is 9.78 Å². The highest BCUT2D eigenvalue weighted by Gasteiger charge is 2.19. The first-order chi connectivity index (χ1) is 11.1. The molecule has 0 aromatic carbocycles. The molecular formula is C16H17N3O3S. The van der Waals surface area contributed by atoms with Crippen LogP contribution >= 0.6 is 11.3 Å². The smallest absolute Gasteiger partial charge is 0.326 e. The molecule has 2 aromatic rings. The molecule has 1 unspecified atom stereocenters. The molecule has 0 radical (unpaired) electrons. The lowest BCUT2D eigenvalue weighted by atomic mass is 10.1. The number of thiazole rings is 1. The second kappa shape index (κ2) is 8.19. The van der Waals surface area contributed by atoms with Gasteiger partial charge < -0.3 is 10.4 Å². The highest BCUT2D eigenvalue weighted by molar-refractivity contribution is 7.13.